The minimum atomic E-state index is -0.935. The van der Waals surface area contributed by atoms with E-state index in [1.165, 1.54) is 0 Å². The van der Waals surface area contributed by atoms with Crippen molar-refractivity contribution < 1.29 is 13.6 Å². The summed E-state index contributed by atoms with van der Waals surface area (Å²) in [6.45, 7) is 1.94. The summed E-state index contributed by atoms with van der Waals surface area (Å²) in [7, 11) is 0. The molecule has 1 aliphatic carbocycles. The van der Waals surface area contributed by atoms with Gasteiger partial charge < -0.3 is 5.32 Å². The monoisotopic (exact) mass is 478 g/mol. The van der Waals surface area contributed by atoms with Gasteiger partial charge in [-0.1, -0.05) is 30.3 Å². The van der Waals surface area contributed by atoms with Gasteiger partial charge in [-0.15, -0.1) is 11.3 Å². The van der Waals surface area contributed by atoms with Gasteiger partial charge in [-0.3, -0.25) is 9.78 Å². The Balaban J connectivity index is 1.20. The number of aromatic nitrogens is 3. The highest BCUT2D eigenvalue weighted by molar-refractivity contribution is 7.15. The number of aryl methyl sites for hydroxylation is 1. The van der Waals surface area contributed by atoms with E-state index in [0.717, 1.165) is 53.3 Å². The van der Waals surface area contributed by atoms with Gasteiger partial charge in [0, 0.05) is 24.6 Å². The molecule has 2 aromatic heterocycles. The van der Waals surface area contributed by atoms with Crippen molar-refractivity contribution in [3.05, 3.63) is 71.0 Å². The fourth-order valence-electron chi connectivity index (χ4n) is 4.56. The maximum absolute atomic E-state index is 13.5. The zero-order valence-corrected chi connectivity index (χ0v) is 19.5. The van der Waals surface area contributed by atoms with Gasteiger partial charge in [-0.25, -0.2) is 18.7 Å². The lowest BCUT2D eigenvalue weighted by atomic mass is 9.82. The molecule has 2 heterocycles. The van der Waals surface area contributed by atoms with Crippen molar-refractivity contribution >= 4 is 34.0 Å². The van der Waals surface area contributed by atoms with Gasteiger partial charge in [-0.2, -0.15) is 0 Å². The molecule has 5 nitrogen and oxygen atoms in total. The Morgan fingerprint density at radius 2 is 1.74 bits per heavy atom. The topological polar surface area (TPSA) is 67.8 Å². The molecule has 1 N–H and O–H groups in total. The van der Waals surface area contributed by atoms with Crippen LogP contribution in [0.1, 0.15) is 47.6 Å². The molecule has 0 saturated heterocycles. The van der Waals surface area contributed by atoms with Crippen molar-refractivity contribution in [2.45, 2.75) is 45.1 Å². The van der Waals surface area contributed by atoms with Crippen LogP contribution < -0.4 is 5.32 Å². The normalized spacial score (nSPS) is 18.2. The lowest BCUT2D eigenvalue weighted by molar-refractivity contribution is 0.0945. The smallest absolute Gasteiger partial charge is 0.182 e. The lowest BCUT2D eigenvalue weighted by Gasteiger charge is -2.29. The number of thiazole rings is 1. The molecule has 2 aromatic carbocycles. The van der Waals surface area contributed by atoms with Crippen molar-refractivity contribution in [1.29, 1.82) is 0 Å². The second kappa shape index (κ2) is 9.54. The maximum atomic E-state index is 13.5. The van der Waals surface area contributed by atoms with E-state index in [-0.39, 0.29) is 11.8 Å². The first-order chi connectivity index (χ1) is 16.5. The first-order valence-electron chi connectivity index (χ1n) is 11.4. The van der Waals surface area contributed by atoms with Crippen LogP contribution in [0.15, 0.2) is 48.7 Å². The van der Waals surface area contributed by atoms with Gasteiger partial charge in [0.05, 0.1) is 27.1 Å². The number of carbonyl (C=O) groups excluding carboxylic acids is 1. The van der Waals surface area contributed by atoms with Crippen molar-refractivity contribution in [1.82, 2.24) is 15.0 Å². The van der Waals surface area contributed by atoms with E-state index < -0.39 is 11.6 Å². The fraction of sp³-hybridized carbons (Fsp3) is 0.308. The molecular weight excluding hydrogens is 454 g/mol. The molecule has 0 amide bonds. The number of nitrogens with zero attached hydrogens (tertiary/aromatic N) is 3. The van der Waals surface area contributed by atoms with E-state index in [1.54, 1.807) is 17.5 Å². The molecule has 4 aromatic rings. The van der Waals surface area contributed by atoms with Crippen LogP contribution in [-0.4, -0.2) is 26.8 Å². The summed E-state index contributed by atoms with van der Waals surface area (Å²) in [5.41, 5.74) is 2.25. The van der Waals surface area contributed by atoms with E-state index in [2.05, 4.69) is 20.3 Å². The third-order valence-electron chi connectivity index (χ3n) is 6.29. The quantitative estimate of drug-likeness (QED) is 0.317. The molecule has 0 aliphatic heterocycles. The molecule has 34 heavy (non-hydrogen) atoms. The zero-order valence-electron chi connectivity index (χ0n) is 18.7. The molecule has 0 atom stereocenters. The standard InChI is InChI=1S/C26H24F2N4OS/c1-15-30-25(26(34-15)17-5-3-2-4-6-17)23(33)11-16-7-9-18(10-8-16)31-24-14-29-21-12-19(27)20(28)13-22(21)32-24/h2-6,12-14,16,18H,7-11H2,1H3,(H,31,32). The number of nitrogens with one attached hydrogen (secondary N) is 1. The second-order valence-electron chi connectivity index (χ2n) is 8.78. The molecule has 174 valence electrons. The van der Waals surface area contributed by atoms with Crippen LogP contribution in [0.2, 0.25) is 0 Å². The van der Waals surface area contributed by atoms with Crippen LogP contribution in [0.3, 0.4) is 0 Å². The first kappa shape index (κ1) is 22.5. The van der Waals surface area contributed by atoms with Crippen LogP contribution in [0.5, 0.6) is 0 Å². The third-order valence-corrected chi connectivity index (χ3v) is 7.31. The SMILES string of the molecule is Cc1nc(C(=O)CC2CCC(Nc3cnc4cc(F)c(F)cc4n3)CC2)c(-c2ccccc2)s1. The molecule has 0 radical (unpaired) electrons. The van der Waals surface area contributed by atoms with Crippen molar-refractivity contribution in [2.24, 2.45) is 5.92 Å². The van der Waals surface area contributed by atoms with Gasteiger partial charge in [-0.05, 0) is 44.1 Å². The molecule has 0 unspecified atom stereocenters. The number of rotatable bonds is 6. The Morgan fingerprint density at radius 1 is 1.03 bits per heavy atom. The van der Waals surface area contributed by atoms with Crippen LogP contribution in [0.25, 0.3) is 21.5 Å². The zero-order chi connectivity index (χ0) is 23.7. The molecule has 0 bridgehead atoms. The largest absolute Gasteiger partial charge is 0.366 e. The number of benzene rings is 2. The molecule has 0 spiro atoms. The van der Waals surface area contributed by atoms with E-state index >= 15 is 0 Å². The highest BCUT2D eigenvalue weighted by Crippen LogP contribution is 2.34. The molecular formula is C26H24F2N4OS. The number of carbonyl (C=O) groups is 1. The second-order valence-corrected chi connectivity index (χ2v) is 9.98. The summed E-state index contributed by atoms with van der Waals surface area (Å²) in [6, 6.07) is 12.3. The predicted molar refractivity (Wildman–Crippen MR) is 130 cm³/mol. The van der Waals surface area contributed by atoms with E-state index in [1.807, 2.05) is 37.3 Å². The minimum Gasteiger partial charge on any atom is -0.366 e. The Hall–Kier alpha value is -3.26. The number of Topliss-reactive ketones (excluding diaryl/α,β-unsaturated/α-hetero) is 1. The minimum absolute atomic E-state index is 0.106. The Morgan fingerprint density at radius 3 is 2.47 bits per heavy atom. The van der Waals surface area contributed by atoms with Crippen LogP contribution in [-0.2, 0) is 0 Å². The van der Waals surface area contributed by atoms with Gasteiger partial charge in [0.25, 0.3) is 0 Å². The summed E-state index contributed by atoms with van der Waals surface area (Å²) in [5, 5.41) is 4.26. The van der Waals surface area contributed by atoms with E-state index in [0.29, 0.717) is 34.9 Å². The highest BCUT2D eigenvalue weighted by Gasteiger charge is 2.26. The molecule has 1 aliphatic rings. The highest BCUT2D eigenvalue weighted by atomic mass is 32.1. The summed E-state index contributed by atoms with van der Waals surface area (Å²) in [6.07, 6.45) is 5.69. The van der Waals surface area contributed by atoms with Crippen LogP contribution in [0.4, 0.5) is 14.6 Å². The lowest BCUT2D eigenvalue weighted by Crippen LogP contribution is -2.27. The maximum Gasteiger partial charge on any atom is 0.182 e. The van der Waals surface area contributed by atoms with Crippen LogP contribution >= 0.6 is 11.3 Å². The average Bonchev–Trinajstić information content (AvgIpc) is 3.24. The van der Waals surface area contributed by atoms with Crippen molar-refractivity contribution in [2.75, 3.05) is 5.32 Å². The molecule has 1 saturated carbocycles. The van der Waals surface area contributed by atoms with Crippen molar-refractivity contribution in [3.8, 4) is 10.4 Å². The van der Waals surface area contributed by atoms with E-state index in [9.17, 15) is 13.6 Å². The van der Waals surface area contributed by atoms with Gasteiger partial charge in [0.2, 0.25) is 0 Å². The number of hydrogen-bond donors (Lipinski definition) is 1. The number of halogens is 2. The molecule has 8 heteroatoms. The number of fused-ring (bicyclic) bond motifs is 1. The fourth-order valence-corrected chi connectivity index (χ4v) is 5.50. The molecule has 1 fully saturated rings. The third kappa shape index (κ3) is 4.82. The molecule has 5 rings (SSSR count). The first-order valence-corrected chi connectivity index (χ1v) is 12.2. The summed E-state index contributed by atoms with van der Waals surface area (Å²) < 4.78 is 26.9. The number of hydrogen-bond acceptors (Lipinski definition) is 6. The Labute approximate surface area is 200 Å². The summed E-state index contributed by atoms with van der Waals surface area (Å²) in [4.78, 5) is 27.2. The van der Waals surface area contributed by atoms with Gasteiger partial charge in [0.15, 0.2) is 17.4 Å². The Kier molecular flexibility index (Phi) is 6.32. The van der Waals surface area contributed by atoms with Crippen LogP contribution in [0, 0.1) is 24.5 Å². The van der Waals surface area contributed by atoms with E-state index in [4.69, 9.17) is 0 Å². The van der Waals surface area contributed by atoms with Crippen molar-refractivity contribution in [3.63, 3.8) is 0 Å². The average molecular weight is 479 g/mol. The predicted octanol–water partition coefficient (Wildman–Crippen LogP) is 6.58. The summed E-state index contributed by atoms with van der Waals surface area (Å²) >= 11 is 1.56. The summed E-state index contributed by atoms with van der Waals surface area (Å²) in [5.74, 6) is -0.900. The van der Waals surface area contributed by atoms with Gasteiger partial charge >= 0.3 is 0 Å². The number of ketones is 1. The Bertz CT molecular complexity index is 1330. The number of anilines is 1. The van der Waals surface area contributed by atoms with Gasteiger partial charge in [0.1, 0.15) is 11.5 Å².